The minimum atomic E-state index is -0.391. The van der Waals surface area contributed by atoms with Crippen molar-refractivity contribution in [2.24, 2.45) is 5.73 Å². The molecule has 0 bridgehead atoms. The summed E-state index contributed by atoms with van der Waals surface area (Å²) in [5.41, 5.74) is 16.8. The minimum Gasteiger partial charge on any atom is -0.494 e. The van der Waals surface area contributed by atoms with E-state index in [1.165, 1.54) is 5.56 Å². The van der Waals surface area contributed by atoms with Crippen molar-refractivity contribution in [3.63, 3.8) is 0 Å². The molecule has 1 aliphatic rings. The first-order chi connectivity index (χ1) is 14.8. The summed E-state index contributed by atoms with van der Waals surface area (Å²) in [6, 6.07) is 7.92. The van der Waals surface area contributed by atoms with Crippen molar-refractivity contribution in [2.75, 3.05) is 12.8 Å². The molecule has 31 heavy (non-hydrogen) atoms. The summed E-state index contributed by atoms with van der Waals surface area (Å²) >= 11 is 0. The van der Waals surface area contributed by atoms with Gasteiger partial charge in [0.05, 0.1) is 7.11 Å². The summed E-state index contributed by atoms with van der Waals surface area (Å²) in [5.74, 6) is 2.46. The standard InChI is InChI=1S/C23H27N7O/c1-12-8-15(23(2,3)25)11-26-18(12)13-9-14(10-13)20-28-21-16-6-5-7-17(31-4)19(16)27-22(24)30(21)29-20/h5-8,11,13-14H,9-10,25H2,1-4H3,(H2,24,27). The highest BCUT2D eigenvalue weighted by molar-refractivity contribution is 5.95. The number of hydrogen-bond donors (Lipinski definition) is 2. The van der Waals surface area contributed by atoms with E-state index in [0.29, 0.717) is 28.8 Å². The zero-order valence-electron chi connectivity index (χ0n) is 18.3. The third-order valence-corrected chi connectivity index (χ3v) is 6.28. The predicted molar refractivity (Wildman–Crippen MR) is 120 cm³/mol. The van der Waals surface area contributed by atoms with Crippen molar-refractivity contribution in [3.05, 3.63) is 53.1 Å². The fourth-order valence-electron chi connectivity index (χ4n) is 4.40. The van der Waals surface area contributed by atoms with Crippen LogP contribution < -0.4 is 16.2 Å². The summed E-state index contributed by atoms with van der Waals surface area (Å²) in [4.78, 5) is 14.1. The van der Waals surface area contributed by atoms with Crippen LogP contribution in [0, 0.1) is 6.92 Å². The second kappa shape index (κ2) is 6.88. The quantitative estimate of drug-likeness (QED) is 0.522. The van der Waals surface area contributed by atoms with Gasteiger partial charge in [-0.15, -0.1) is 5.10 Å². The fraction of sp³-hybridized carbons (Fsp3) is 0.391. The number of anilines is 1. The van der Waals surface area contributed by atoms with Gasteiger partial charge in [-0.05, 0) is 56.9 Å². The molecular weight excluding hydrogens is 390 g/mol. The Bertz CT molecular complexity index is 1300. The van der Waals surface area contributed by atoms with E-state index in [1.807, 2.05) is 38.2 Å². The van der Waals surface area contributed by atoms with Gasteiger partial charge >= 0.3 is 0 Å². The van der Waals surface area contributed by atoms with Gasteiger partial charge in [0.25, 0.3) is 0 Å². The fourth-order valence-corrected chi connectivity index (χ4v) is 4.40. The van der Waals surface area contributed by atoms with E-state index in [9.17, 15) is 0 Å². The first-order valence-electron chi connectivity index (χ1n) is 10.5. The molecule has 0 spiro atoms. The van der Waals surface area contributed by atoms with Crippen molar-refractivity contribution < 1.29 is 4.74 Å². The van der Waals surface area contributed by atoms with Crippen molar-refractivity contribution in [1.29, 1.82) is 0 Å². The second-order valence-electron chi connectivity index (χ2n) is 9.04. The van der Waals surface area contributed by atoms with E-state index in [-0.39, 0.29) is 5.92 Å². The number of para-hydroxylation sites is 1. The van der Waals surface area contributed by atoms with Crippen LogP contribution in [-0.4, -0.2) is 31.7 Å². The molecule has 0 unspecified atom stereocenters. The average molecular weight is 418 g/mol. The summed E-state index contributed by atoms with van der Waals surface area (Å²) in [7, 11) is 1.62. The molecule has 1 fully saturated rings. The minimum absolute atomic E-state index is 0.275. The van der Waals surface area contributed by atoms with Crippen molar-refractivity contribution in [2.45, 2.75) is 51.0 Å². The van der Waals surface area contributed by atoms with E-state index in [4.69, 9.17) is 26.2 Å². The lowest BCUT2D eigenvalue weighted by molar-refractivity contribution is 0.331. The van der Waals surface area contributed by atoms with Crippen molar-refractivity contribution >= 4 is 22.5 Å². The molecule has 3 aromatic heterocycles. The molecule has 0 radical (unpaired) electrons. The summed E-state index contributed by atoms with van der Waals surface area (Å²) < 4.78 is 7.06. The van der Waals surface area contributed by atoms with Crippen LogP contribution in [0.5, 0.6) is 5.75 Å². The molecule has 0 aliphatic heterocycles. The van der Waals surface area contributed by atoms with Crippen LogP contribution in [0.3, 0.4) is 0 Å². The molecular formula is C23H27N7O. The normalized spacial score (nSPS) is 19.0. The molecule has 1 saturated carbocycles. The first kappa shape index (κ1) is 19.7. The van der Waals surface area contributed by atoms with Gasteiger partial charge in [-0.1, -0.05) is 12.1 Å². The van der Waals surface area contributed by atoms with E-state index in [1.54, 1.807) is 11.6 Å². The SMILES string of the molecule is COc1cccc2c1nc(N)n1nc(C3CC(c4ncc(C(C)(C)N)cc4C)C3)nc21. The molecule has 1 aromatic carbocycles. The Labute approximate surface area is 180 Å². The van der Waals surface area contributed by atoms with Gasteiger partial charge in [0, 0.05) is 34.7 Å². The number of rotatable bonds is 4. The zero-order chi connectivity index (χ0) is 21.9. The number of methoxy groups -OCH3 is 1. The van der Waals surface area contributed by atoms with Crippen molar-refractivity contribution in [3.8, 4) is 5.75 Å². The Balaban J connectivity index is 1.44. The molecule has 8 heteroatoms. The summed E-state index contributed by atoms with van der Waals surface area (Å²) in [6.45, 7) is 6.11. The Morgan fingerprint density at radius 1 is 1.16 bits per heavy atom. The monoisotopic (exact) mass is 417 g/mol. The second-order valence-corrected chi connectivity index (χ2v) is 9.04. The maximum Gasteiger partial charge on any atom is 0.223 e. The van der Waals surface area contributed by atoms with Crippen LogP contribution in [0.4, 0.5) is 5.95 Å². The van der Waals surface area contributed by atoms with Gasteiger partial charge in [0.15, 0.2) is 11.5 Å². The van der Waals surface area contributed by atoms with Crippen LogP contribution in [0.25, 0.3) is 16.6 Å². The van der Waals surface area contributed by atoms with Gasteiger partial charge in [-0.25, -0.2) is 9.97 Å². The van der Waals surface area contributed by atoms with Crippen LogP contribution in [0.2, 0.25) is 0 Å². The molecule has 0 atom stereocenters. The van der Waals surface area contributed by atoms with E-state index >= 15 is 0 Å². The van der Waals surface area contributed by atoms with Gasteiger partial charge in [0.1, 0.15) is 11.3 Å². The Morgan fingerprint density at radius 3 is 2.61 bits per heavy atom. The summed E-state index contributed by atoms with van der Waals surface area (Å²) in [5, 5.41) is 5.55. The smallest absolute Gasteiger partial charge is 0.223 e. The van der Waals surface area contributed by atoms with Gasteiger partial charge in [0.2, 0.25) is 5.95 Å². The number of pyridine rings is 1. The zero-order valence-corrected chi connectivity index (χ0v) is 18.3. The molecule has 4 aromatic rings. The molecule has 3 heterocycles. The molecule has 0 saturated heterocycles. The third-order valence-electron chi connectivity index (χ3n) is 6.28. The maximum absolute atomic E-state index is 6.22. The van der Waals surface area contributed by atoms with Gasteiger partial charge in [-0.2, -0.15) is 4.52 Å². The van der Waals surface area contributed by atoms with E-state index in [0.717, 1.165) is 35.3 Å². The van der Waals surface area contributed by atoms with E-state index < -0.39 is 5.54 Å². The van der Waals surface area contributed by atoms with E-state index in [2.05, 4.69) is 23.1 Å². The average Bonchev–Trinajstić information content (AvgIpc) is 3.13. The lowest BCUT2D eigenvalue weighted by Crippen LogP contribution is -2.29. The van der Waals surface area contributed by atoms with Crippen molar-refractivity contribution in [1.82, 2.24) is 24.6 Å². The van der Waals surface area contributed by atoms with Crippen LogP contribution >= 0.6 is 0 Å². The third kappa shape index (κ3) is 3.18. The number of hydrogen-bond acceptors (Lipinski definition) is 7. The Kier molecular flexibility index (Phi) is 4.37. The number of fused-ring (bicyclic) bond motifs is 3. The van der Waals surface area contributed by atoms with Gasteiger partial charge in [-0.3, -0.25) is 4.98 Å². The van der Waals surface area contributed by atoms with Crippen LogP contribution in [-0.2, 0) is 5.54 Å². The number of nitrogen functional groups attached to an aromatic ring is 1. The van der Waals surface area contributed by atoms with Gasteiger partial charge < -0.3 is 16.2 Å². The summed E-state index contributed by atoms with van der Waals surface area (Å²) in [6.07, 6.45) is 3.83. The molecule has 4 N–H and O–H groups in total. The molecule has 160 valence electrons. The number of ether oxygens (including phenoxy) is 1. The number of aromatic nitrogens is 5. The van der Waals surface area contributed by atoms with Crippen LogP contribution in [0.15, 0.2) is 30.5 Å². The number of aryl methyl sites for hydroxylation is 1. The number of nitrogens with two attached hydrogens (primary N) is 2. The predicted octanol–water partition coefficient (Wildman–Crippen LogP) is 3.43. The topological polar surface area (TPSA) is 117 Å². The molecule has 1 aliphatic carbocycles. The highest BCUT2D eigenvalue weighted by Crippen LogP contribution is 2.47. The van der Waals surface area contributed by atoms with Crippen LogP contribution in [0.1, 0.15) is 61.2 Å². The molecule has 0 amide bonds. The molecule has 5 rings (SSSR count). The number of nitrogens with zero attached hydrogens (tertiary/aromatic N) is 5. The lowest BCUT2D eigenvalue weighted by Gasteiger charge is -2.34. The Morgan fingerprint density at radius 2 is 1.94 bits per heavy atom. The maximum atomic E-state index is 6.22. The highest BCUT2D eigenvalue weighted by Gasteiger charge is 2.36. The molecule has 8 nitrogen and oxygen atoms in total. The lowest BCUT2D eigenvalue weighted by atomic mass is 9.71. The largest absolute Gasteiger partial charge is 0.494 e. The highest BCUT2D eigenvalue weighted by atomic mass is 16.5. The first-order valence-corrected chi connectivity index (χ1v) is 10.5. The number of benzene rings is 1. The Hall–Kier alpha value is -3.26.